The molecule has 0 unspecified atom stereocenters. The molecular weight excluding hydrogens is 224 g/mol. The number of rotatable bonds is 0. The van der Waals surface area contributed by atoms with Crippen LogP contribution in [0.1, 0.15) is 13.8 Å². The van der Waals surface area contributed by atoms with E-state index in [9.17, 15) is 19.5 Å². The van der Waals surface area contributed by atoms with Crippen LogP contribution in [-0.2, 0) is 19.1 Å². The van der Waals surface area contributed by atoms with E-state index in [1.54, 1.807) is 19.1 Å². The molecule has 1 heterocycles. The lowest BCUT2D eigenvalue weighted by molar-refractivity contribution is -0.169. The van der Waals surface area contributed by atoms with E-state index in [2.05, 4.69) is 4.74 Å². The molecule has 0 aromatic heterocycles. The normalized spacial score (nSPS) is 51.7. The van der Waals surface area contributed by atoms with Gasteiger partial charge < -0.3 is 9.84 Å². The lowest BCUT2D eigenvalue weighted by atomic mass is 9.50. The van der Waals surface area contributed by atoms with Crippen molar-refractivity contribution >= 4 is 17.7 Å². The summed E-state index contributed by atoms with van der Waals surface area (Å²) >= 11 is 0. The second kappa shape index (κ2) is 2.67. The number of ketones is 1. The van der Waals surface area contributed by atoms with Gasteiger partial charge in [0.25, 0.3) is 0 Å². The number of hydrogen-bond donors (Lipinski definition) is 1. The number of Topliss-reactive ketones (excluding diaryl/α,β-unsaturated/α-hetero) is 1. The standard InChI is InChI=1S/C12H12O5/c1-11-4-3-5(12(2,16)10(11)15)6-7(11)9(14)17-8(6)13/h3-7,16H,1-2H3/t5-,6+,7-,11+,12+/m0/s1. The van der Waals surface area contributed by atoms with E-state index >= 15 is 0 Å². The maximum absolute atomic E-state index is 12.2. The average Bonchev–Trinajstić information content (AvgIpc) is 2.53. The quantitative estimate of drug-likeness (QED) is 0.359. The largest absolute Gasteiger partial charge is 0.393 e. The molecule has 2 fully saturated rings. The first-order valence-corrected chi connectivity index (χ1v) is 5.52. The highest BCUT2D eigenvalue weighted by molar-refractivity contribution is 6.07. The minimum atomic E-state index is -1.60. The van der Waals surface area contributed by atoms with Crippen LogP contribution in [0.4, 0.5) is 0 Å². The zero-order valence-corrected chi connectivity index (χ0v) is 9.47. The minimum absolute atomic E-state index is 0.412. The van der Waals surface area contributed by atoms with E-state index in [-0.39, 0.29) is 0 Å². The van der Waals surface area contributed by atoms with Gasteiger partial charge in [0, 0.05) is 5.92 Å². The van der Waals surface area contributed by atoms with Gasteiger partial charge >= 0.3 is 11.9 Å². The van der Waals surface area contributed by atoms with Gasteiger partial charge in [-0.25, -0.2) is 0 Å². The summed E-state index contributed by atoms with van der Waals surface area (Å²) in [5.74, 6) is -3.87. The molecule has 90 valence electrons. The summed E-state index contributed by atoms with van der Waals surface area (Å²) in [6.45, 7) is 2.97. The number of allylic oxidation sites excluding steroid dienone is 1. The molecule has 0 spiro atoms. The van der Waals surface area contributed by atoms with E-state index in [0.29, 0.717) is 0 Å². The van der Waals surface area contributed by atoms with Gasteiger partial charge in [-0.05, 0) is 13.8 Å². The molecule has 0 amide bonds. The molecule has 1 saturated heterocycles. The highest BCUT2D eigenvalue weighted by Crippen LogP contribution is 2.57. The molecule has 1 N–H and O–H groups in total. The highest BCUT2D eigenvalue weighted by atomic mass is 16.6. The van der Waals surface area contributed by atoms with Crippen molar-refractivity contribution in [2.75, 3.05) is 0 Å². The number of esters is 2. The Morgan fingerprint density at radius 3 is 2.53 bits per heavy atom. The molecule has 5 heteroatoms. The second-order valence-corrected chi connectivity index (χ2v) is 5.39. The summed E-state index contributed by atoms with van der Waals surface area (Å²) in [7, 11) is 0. The van der Waals surface area contributed by atoms with Crippen molar-refractivity contribution in [2.45, 2.75) is 19.4 Å². The lowest BCUT2D eigenvalue weighted by Crippen LogP contribution is -2.64. The van der Waals surface area contributed by atoms with Gasteiger partial charge in [0.05, 0.1) is 17.3 Å². The third-order valence-electron chi connectivity index (χ3n) is 4.37. The summed E-state index contributed by atoms with van der Waals surface area (Å²) in [6.07, 6.45) is 3.28. The SMILES string of the molecule is C[C@]1(O)C(=O)[C@]2(C)C=C[C@H]1[C@H]1C(=O)OC(=O)[C@H]12. The fraction of sp³-hybridized carbons (Fsp3) is 0.583. The van der Waals surface area contributed by atoms with Crippen molar-refractivity contribution in [1.29, 1.82) is 0 Å². The summed E-state index contributed by atoms with van der Waals surface area (Å²) in [6, 6.07) is 0. The molecule has 17 heavy (non-hydrogen) atoms. The Hall–Kier alpha value is -1.49. The Morgan fingerprint density at radius 2 is 1.88 bits per heavy atom. The van der Waals surface area contributed by atoms with Gasteiger partial charge in [0.15, 0.2) is 5.78 Å². The van der Waals surface area contributed by atoms with E-state index in [1.807, 2.05) is 0 Å². The summed E-state index contributed by atoms with van der Waals surface area (Å²) in [4.78, 5) is 35.5. The van der Waals surface area contributed by atoms with Crippen molar-refractivity contribution in [1.82, 2.24) is 0 Å². The fourth-order valence-electron chi connectivity index (χ4n) is 3.46. The van der Waals surface area contributed by atoms with Crippen LogP contribution in [-0.4, -0.2) is 28.4 Å². The molecule has 0 aromatic carbocycles. The van der Waals surface area contributed by atoms with Gasteiger partial charge in [0.1, 0.15) is 5.60 Å². The van der Waals surface area contributed by atoms with E-state index in [0.717, 1.165) is 0 Å². The minimum Gasteiger partial charge on any atom is -0.393 e. The van der Waals surface area contributed by atoms with Crippen molar-refractivity contribution in [3.63, 3.8) is 0 Å². The zero-order valence-electron chi connectivity index (χ0n) is 9.47. The van der Waals surface area contributed by atoms with Gasteiger partial charge in [-0.1, -0.05) is 12.2 Å². The Labute approximate surface area is 97.4 Å². The van der Waals surface area contributed by atoms with Crippen molar-refractivity contribution in [3.05, 3.63) is 12.2 Å². The molecule has 4 rings (SSSR count). The van der Waals surface area contributed by atoms with Gasteiger partial charge in [-0.2, -0.15) is 0 Å². The number of carbonyl (C=O) groups is 3. The number of carbonyl (C=O) groups excluding carboxylic acids is 3. The third-order valence-corrected chi connectivity index (χ3v) is 4.37. The van der Waals surface area contributed by atoms with Crippen LogP contribution in [0, 0.1) is 23.2 Å². The van der Waals surface area contributed by atoms with Crippen LogP contribution in [0.3, 0.4) is 0 Å². The van der Waals surface area contributed by atoms with Crippen molar-refractivity contribution in [2.24, 2.45) is 23.2 Å². The lowest BCUT2D eigenvalue weighted by Gasteiger charge is -2.51. The number of cyclic esters (lactones) is 2. The van der Waals surface area contributed by atoms with E-state index < -0.39 is 46.5 Å². The first-order valence-electron chi connectivity index (χ1n) is 5.52. The summed E-state index contributed by atoms with van der Waals surface area (Å²) in [5.41, 5.74) is -2.74. The molecule has 0 radical (unpaired) electrons. The molecule has 5 atom stereocenters. The molecule has 5 nitrogen and oxygen atoms in total. The van der Waals surface area contributed by atoms with Crippen LogP contribution >= 0.6 is 0 Å². The van der Waals surface area contributed by atoms with E-state index in [1.165, 1.54) is 6.92 Å². The molecule has 3 aliphatic carbocycles. The molecule has 1 saturated carbocycles. The van der Waals surface area contributed by atoms with Crippen LogP contribution in [0.5, 0.6) is 0 Å². The number of ether oxygens (including phenoxy) is 1. The second-order valence-electron chi connectivity index (χ2n) is 5.39. The Balaban J connectivity index is 2.24. The first kappa shape index (κ1) is 10.7. The Morgan fingerprint density at radius 1 is 1.24 bits per heavy atom. The fourth-order valence-corrected chi connectivity index (χ4v) is 3.46. The van der Waals surface area contributed by atoms with Crippen LogP contribution < -0.4 is 0 Å². The number of hydrogen-bond acceptors (Lipinski definition) is 5. The maximum Gasteiger partial charge on any atom is 0.318 e. The van der Waals surface area contributed by atoms with E-state index in [4.69, 9.17) is 0 Å². The van der Waals surface area contributed by atoms with Crippen LogP contribution in [0.15, 0.2) is 12.2 Å². The Kier molecular flexibility index (Phi) is 1.67. The summed E-state index contributed by atoms with van der Waals surface area (Å²) < 4.78 is 4.61. The van der Waals surface area contributed by atoms with Gasteiger partial charge in [-0.3, -0.25) is 14.4 Å². The van der Waals surface area contributed by atoms with Crippen molar-refractivity contribution in [3.8, 4) is 0 Å². The topological polar surface area (TPSA) is 80.7 Å². The maximum atomic E-state index is 12.2. The molecule has 2 bridgehead atoms. The number of aliphatic hydroxyl groups is 1. The summed E-state index contributed by atoms with van der Waals surface area (Å²) in [5, 5.41) is 10.2. The third kappa shape index (κ3) is 0.965. The van der Waals surface area contributed by atoms with Crippen LogP contribution in [0.2, 0.25) is 0 Å². The smallest absolute Gasteiger partial charge is 0.318 e. The Bertz CT molecular complexity index is 489. The first-order chi connectivity index (χ1) is 7.80. The predicted octanol–water partition coefficient (Wildman–Crippen LogP) is -0.172. The van der Waals surface area contributed by atoms with Crippen molar-refractivity contribution < 1.29 is 24.2 Å². The van der Waals surface area contributed by atoms with Gasteiger partial charge in [0.2, 0.25) is 0 Å². The molecule has 1 aliphatic heterocycles. The molecule has 0 aromatic rings. The average molecular weight is 236 g/mol. The zero-order chi connectivity index (χ0) is 12.6. The highest BCUT2D eigenvalue weighted by Gasteiger charge is 2.70. The number of fused-ring (bicyclic) bond motifs is 1. The predicted molar refractivity (Wildman–Crippen MR) is 54.4 cm³/mol. The molecule has 4 aliphatic rings. The van der Waals surface area contributed by atoms with Crippen LogP contribution in [0.25, 0.3) is 0 Å². The molecular formula is C12H12O5. The monoisotopic (exact) mass is 236 g/mol. The van der Waals surface area contributed by atoms with Gasteiger partial charge in [-0.15, -0.1) is 0 Å².